The Labute approximate surface area is 122 Å². The van der Waals surface area contributed by atoms with Crippen LogP contribution >= 0.6 is 0 Å². The number of methoxy groups -OCH3 is 1. The van der Waals surface area contributed by atoms with Gasteiger partial charge in [0.05, 0.1) is 7.11 Å². The van der Waals surface area contributed by atoms with Crippen LogP contribution in [0.4, 0.5) is 4.39 Å². The first-order valence-electron chi connectivity index (χ1n) is 6.71. The average molecular weight is 294 g/mol. The Hall–Kier alpha value is -2.11. The molecule has 1 N–H and O–H groups in total. The highest BCUT2D eigenvalue weighted by molar-refractivity contribution is 5.82. The van der Waals surface area contributed by atoms with Crippen molar-refractivity contribution in [3.8, 4) is 0 Å². The van der Waals surface area contributed by atoms with Gasteiger partial charge in [-0.25, -0.2) is 9.18 Å². The number of rotatable bonds is 8. The monoisotopic (exact) mass is 294 g/mol. The first-order chi connectivity index (χ1) is 10.1. The van der Waals surface area contributed by atoms with Crippen molar-refractivity contribution in [2.75, 3.05) is 20.2 Å². The van der Waals surface area contributed by atoms with E-state index in [0.29, 0.717) is 31.5 Å². The number of ether oxygens (including phenoxy) is 1. The van der Waals surface area contributed by atoms with Gasteiger partial charge < -0.3 is 4.74 Å². The molecule has 0 spiro atoms. The zero-order valence-electron chi connectivity index (χ0n) is 12.2. The van der Waals surface area contributed by atoms with E-state index in [9.17, 15) is 9.18 Å². The van der Waals surface area contributed by atoms with Gasteiger partial charge in [0, 0.05) is 11.5 Å². The molecule has 0 aliphatic heterocycles. The van der Waals surface area contributed by atoms with Crippen LogP contribution in [0.5, 0.6) is 0 Å². The number of hydrogen-bond acceptors (Lipinski definition) is 4. The Morgan fingerprint density at radius 3 is 2.67 bits per heavy atom. The second-order valence-electron chi connectivity index (χ2n) is 4.49. The molecule has 1 rings (SSSR count). The average Bonchev–Trinajstić information content (AvgIpc) is 2.51. The second kappa shape index (κ2) is 8.24. The van der Waals surface area contributed by atoms with Crippen molar-refractivity contribution in [1.82, 2.24) is 5.32 Å². The fourth-order valence-electron chi connectivity index (χ4n) is 2.17. The second-order valence-corrected chi connectivity index (χ2v) is 4.49. The minimum atomic E-state index is -1.03. The number of benzene rings is 1. The van der Waals surface area contributed by atoms with Gasteiger partial charge in [-0.15, -0.1) is 0 Å². The molecule has 1 aromatic rings. The summed E-state index contributed by atoms with van der Waals surface area (Å²) in [6.07, 6.45) is 1.04. The minimum absolute atomic E-state index is 0.341. The molecule has 0 aliphatic carbocycles. The molecule has 0 aromatic heterocycles. The fraction of sp³-hybridized carbons (Fsp3) is 0.500. The molecule has 1 atom stereocenters. The van der Waals surface area contributed by atoms with Gasteiger partial charge in [0.1, 0.15) is 11.4 Å². The van der Waals surface area contributed by atoms with Gasteiger partial charge in [-0.3, -0.25) is 5.32 Å². The van der Waals surface area contributed by atoms with E-state index in [0.717, 1.165) is 0 Å². The van der Waals surface area contributed by atoms with Crippen LogP contribution in [0.3, 0.4) is 0 Å². The van der Waals surface area contributed by atoms with E-state index in [1.807, 2.05) is 6.92 Å². The standard InChI is InChI=1S/C14H19FN4O2/c1-3-14(13(20)21-2,17-9-4-10-18-19-16)11-5-7-12(15)8-6-11/h5-8,17H,3-4,9-10H2,1-2H3. The van der Waals surface area contributed by atoms with Gasteiger partial charge in [0.25, 0.3) is 0 Å². The highest BCUT2D eigenvalue weighted by Crippen LogP contribution is 2.27. The molecule has 0 amide bonds. The lowest BCUT2D eigenvalue weighted by Crippen LogP contribution is -2.50. The third-order valence-electron chi connectivity index (χ3n) is 3.33. The number of nitrogens with one attached hydrogen (secondary N) is 1. The highest BCUT2D eigenvalue weighted by Gasteiger charge is 2.39. The zero-order chi connectivity index (χ0) is 15.7. The quantitative estimate of drug-likeness (QED) is 0.263. The topological polar surface area (TPSA) is 87.1 Å². The molecule has 0 aliphatic rings. The number of nitrogens with zero attached hydrogens (tertiary/aromatic N) is 3. The molecule has 114 valence electrons. The van der Waals surface area contributed by atoms with E-state index in [2.05, 4.69) is 15.3 Å². The lowest BCUT2D eigenvalue weighted by Gasteiger charge is -2.31. The Morgan fingerprint density at radius 2 is 2.14 bits per heavy atom. The van der Waals surface area contributed by atoms with Crippen molar-refractivity contribution in [2.45, 2.75) is 25.3 Å². The van der Waals surface area contributed by atoms with E-state index in [1.54, 1.807) is 12.1 Å². The molecule has 7 heteroatoms. The van der Waals surface area contributed by atoms with Gasteiger partial charge in [-0.05, 0) is 42.6 Å². The summed E-state index contributed by atoms with van der Waals surface area (Å²) in [5.41, 5.74) is 7.84. The summed E-state index contributed by atoms with van der Waals surface area (Å²) >= 11 is 0. The van der Waals surface area contributed by atoms with Gasteiger partial charge >= 0.3 is 5.97 Å². The lowest BCUT2D eigenvalue weighted by atomic mass is 9.87. The summed E-state index contributed by atoms with van der Waals surface area (Å²) in [5.74, 6) is -0.794. The molecule has 0 heterocycles. The molecule has 6 nitrogen and oxygen atoms in total. The van der Waals surface area contributed by atoms with Crippen LogP contribution in [-0.2, 0) is 15.1 Å². The predicted octanol–water partition coefficient (Wildman–Crippen LogP) is 2.89. The highest BCUT2D eigenvalue weighted by atomic mass is 19.1. The van der Waals surface area contributed by atoms with Crippen LogP contribution in [0.2, 0.25) is 0 Å². The molecule has 1 aromatic carbocycles. The number of hydrogen-bond donors (Lipinski definition) is 1. The Kier molecular flexibility index (Phi) is 6.65. The molecule has 21 heavy (non-hydrogen) atoms. The van der Waals surface area contributed by atoms with Crippen molar-refractivity contribution >= 4 is 5.97 Å². The molecular formula is C14H19FN4O2. The molecule has 0 fully saturated rings. The third-order valence-corrected chi connectivity index (χ3v) is 3.33. The first kappa shape index (κ1) is 16.9. The van der Waals surface area contributed by atoms with Crippen LogP contribution in [0.15, 0.2) is 29.4 Å². The lowest BCUT2D eigenvalue weighted by molar-refractivity contribution is -0.149. The largest absolute Gasteiger partial charge is 0.467 e. The van der Waals surface area contributed by atoms with Crippen LogP contribution in [0.25, 0.3) is 10.4 Å². The number of azide groups is 1. The van der Waals surface area contributed by atoms with E-state index >= 15 is 0 Å². The van der Waals surface area contributed by atoms with Gasteiger partial charge in [0.15, 0.2) is 0 Å². The summed E-state index contributed by atoms with van der Waals surface area (Å²) in [6, 6.07) is 5.75. The normalized spacial score (nSPS) is 13.1. The number of esters is 1. The van der Waals surface area contributed by atoms with Crippen molar-refractivity contribution in [3.05, 3.63) is 46.1 Å². The van der Waals surface area contributed by atoms with Crippen LogP contribution < -0.4 is 5.32 Å². The molecular weight excluding hydrogens is 275 g/mol. The summed E-state index contributed by atoms with van der Waals surface area (Å²) in [6.45, 7) is 2.66. The minimum Gasteiger partial charge on any atom is -0.467 e. The van der Waals surface area contributed by atoms with Crippen molar-refractivity contribution in [2.24, 2.45) is 5.11 Å². The Balaban J connectivity index is 2.95. The van der Waals surface area contributed by atoms with Gasteiger partial charge in [-0.2, -0.15) is 0 Å². The summed E-state index contributed by atoms with van der Waals surface area (Å²) in [4.78, 5) is 14.9. The SMILES string of the molecule is CCC(NCCCN=[N+]=[N-])(C(=O)OC)c1ccc(F)cc1. The maximum absolute atomic E-state index is 13.1. The van der Waals surface area contributed by atoms with Gasteiger partial charge in [-0.1, -0.05) is 24.2 Å². The first-order valence-corrected chi connectivity index (χ1v) is 6.71. The molecule has 1 unspecified atom stereocenters. The number of carbonyl (C=O) groups is 1. The Bertz CT molecular complexity index is 514. The summed E-state index contributed by atoms with van der Waals surface area (Å²) < 4.78 is 18.0. The van der Waals surface area contributed by atoms with Crippen molar-refractivity contribution in [1.29, 1.82) is 0 Å². The van der Waals surface area contributed by atoms with E-state index in [-0.39, 0.29) is 5.82 Å². The number of halogens is 1. The molecule has 0 saturated carbocycles. The maximum Gasteiger partial charge on any atom is 0.330 e. The third kappa shape index (κ3) is 4.18. The predicted molar refractivity (Wildman–Crippen MR) is 77.0 cm³/mol. The van der Waals surface area contributed by atoms with E-state index in [4.69, 9.17) is 10.3 Å². The number of carbonyl (C=O) groups excluding carboxylic acids is 1. The van der Waals surface area contributed by atoms with Crippen molar-refractivity contribution < 1.29 is 13.9 Å². The van der Waals surface area contributed by atoms with Gasteiger partial charge in [0.2, 0.25) is 0 Å². The van der Waals surface area contributed by atoms with Crippen LogP contribution in [0.1, 0.15) is 25.3 Å². The van der Waals surface area contributed by atoms with Crippen LogP contribution in [-0.4, -0.2) is 26.2 Å². The zero-order valence-corrected chi connectivity index (χ0v) is 12.2. The maximum atomic E-state index is 13.1. The van der Waals surface area contributed by atoms with Crippen LogP contribution in [0, 0.1) is 5.82 Å². The van der Waals surface area contributed by atoms with E-state index < -0.39 is 11.5 Å². The molecule has 0 radical (unpaired) electrons. The fourth-order valence-corrected chi connectivity index (χ4v) is 2.17. The summed E-state index contributed by atoms with van der Waals surface area (Å²) in [5, 5.41) is 6.59. The van der Waals surface area contributed by atoms with Crippen molar-refractivity contribution in [3.63, 3.8) is 0 Å². The Morgan fingerprint density at radius 1 is 1.48 bits per heavy atom. The van der Waals surface area contributed by atoms with E-state index in [1.165, 1.54) is 19.2 Å². The smallest absolute Gasteiger partial charge is 0.330 e. The summed E-state index contributed by atoms with van der Waals surface area (Å²) in [7, 11) is 1.32. The molecule has 0 saturated heterocycles. The molecule has 0 bridgehead atoms.